The number of methoxy groups -OCH3 is 1. The highest BCUT2D eigenvalue weighted by molar-refractivity contribution is 5.84. The van der Waals surface area contributed by atoms with Crippen molar-refractivity contribution in [3.63, 3.8) is 0 Å². The average molecular weight is 280 g/mol. The van der Waals surface area contributed by atoms with Gasteiger partial charge in [0.2, 0.25) is 0 Å². The van der Waals surface area contributed by atoms with Crippen molar-refractivity contribution in [2.24, 2.45) is 5.92 Å². The number of para-hydroxylation sites is 1. The van der Waals surface area contributed by atoms with Crippen LogP contribution in [-0.2, 0) is 24.1 Å². The summed E-state index contributed by atoms with van der Waals surface area (Å²) in [6.45, 7) is 0. The van der Waals surface area contributed by atoms with Crippen molar-refractivity contribution in [3.05, 3.63) is 65.2 Å². The Morgan fingerprint density at radius 2 is 1.81 bits per heavy atom. The van der Waals surface area contributed by atoms with Gasteiger partial charge in [0.1, 0.15) is 11.5 Å². The van der Waals surface area contributed by atoms with Gasteiger partial charge in [-0.25, -0.2) is 0 Å². The van der Waals surface area contributed by atoms with Gasteiger partial charge in [-0.2, -0.15) is 0 Å². The highest BCUT2D eigenvalue weighted by atomic mass is 16.5. The predicted octanol–water partition coefficient (Wildman–Crippen LogP) is 3.61. The molecule has 21 heavy (non-hydrogen) atoms. The molecular weight excluding hydrogens is 260 g/mol. The van der Waals surface area contributed by atoms with E-state index >= 15 is 0 Å². The molecule has 1 atom stereocenters. The van der Waals surface area contributed by atoms with Gasteiger partial charge in [-0.1, -0.05) is 42.5 Å². The van der Waals surface area contributed by atoms with Crippen molar-refractivity contribution < 1.29 is 9.53 Å². The molecule has 0 heterocycles. The first kappa shape index (κ1) is 13.9. The normalized spacial score (nSPS) is 17.1. The van der Waals surface area contributed by atoms with Crippen molar-refractivity contribution in [2.45, 2.75) is 25.7 Å². The second kappa shape index (κ2) is 6.13. The quantitative estimate of drug-likeness (QED) is 0.855. The zero-order valence-corrected chi connectivity index (χ0v) is 12.3. The maximum Gasteiger partial charge on any atom is 0.140 e. The van der Waals surface area contributed by atoms with Gasteiger partial charge in [-0.05, 0) is 36.5 Å². The highest BCUT2D eigenvalue weighted by Crippen LogP contribution is 2.28. The number of hydrogen-bond acceptors (Lipinski definition) is 2. The smallest absolute Gasteiger partial charge is 0.140 e. The molecule has 2 aromatic carbocycles. The Labute approximate surface area is 125 Å². The molecule has 1 aliphatic carbocycles. The molecule has 0 bridgehead atoms. The summed E-state index contributed by atoms with van der Waals surface area (Å²) in [7, 11) is 1.65. The lowest BCUT2D eigenvalue weighted by Crippen LogP contribution is -2.24. The van der Waals surface area contributed by atoms with Crippen molar-refractivity contribution in [1.29, 1.82) is 0 Å². The summed E-state index contributed by atoms with van der Waals surface area (Å²) in [6.07, 6.45) is 3.32. The topological polar surface area (TPSA) is 26.3 Å². The van der Waals surface area contributed by atoms with Crippen LogP contribution >= 0.6 is 0 Å². The zero-order chi connectivity index (χ0) is 14.7. The van der Waals surface area contributed by atoms with Crippen LogP contribution in [0.1, 0.15) is 23.1 Å². The molecule has 3 rings (SSSR count). The van der Waals surface area contributed by atoms with E-state index in [-0.39, 0.29) is 5.92 Å². The molecule has 0 fully saturated rings. The number of ether oxygens (including phenoxy) is 1. The summed E-state index contributed by atoms with van der Waals surface area (Å²) in [6, 6.07) is 16.3. The van der Waals surface area contributed by atoms with E-state index in [9.17, 15) is 4.79 Å². The van der Waals surface area contributed by atoms with Gasteiger partial charge in [0, 0.05) is 17.9 Å². The molecule has 2 aromatic rings. The highest BCUT2D eigenvalue weighted by Gasteiger charge is 2.24. The lowest BCUT2D eigenvalue weighted by Gasteiger charge is -2.23. The van der Waals surface area contributed by atoms with E-state index < -0.39 is 0 Å². The first-order chi connectivity index (χ1) is 10.3. The molecular formula is C19H20O2. The molecule has 108 valence electrons. The maximum atomic E-state index is 12.6. The van der Waals surface area contributed by atoms with Gasteiger partial charge < -0.3 is 4.74 Å². The minimum atomic E-state index is 0.143. The van der Waals surface area contributed by atoms with E-state index in [1.54, 1.807) is 7.11 Å². The molecule has 0 spiro atoms. The van der Waals surface area contributed by atoms with Gasteiger partial charge in [0.05, 0.1) is 7.11 Å². The summed E-state index contributed by atoms with van der Waals surface area (Å²) in [5.41, 5.74) is 3.73. The Morgan fingerprint density at radius 1 is 1.10 bits per heavy atom. The molecule has 0 amide bonds. The molecule has 0 aromatic heterocycles. The number of benzene rings is 2. The lowest BCUT2D eigenvalue weighted by molar-refractivity contribution is -0.122. The second-order valence-corrected chi connectivity index (χ2v) is 5.66. The number of ketones is 1. The van der Waals surface area contributed by atoms with Crippen molar-refractivity contribution in [3.8, 4) is 5.75 Å². The Hall–Kier alpha value is -2.09. The minimum Gasteiger partial charge on any atom is -0.496 e. The van der Waals surface area contributed by atoms with Crippen LogP contribution < -0.4 is 4.74 Å². The zero-order valence-electron chi connectivity index (χ0n) is 12.3. The number of carbonyl (C=O) groups excluding carboxylic acids is 1. The monoisotopic (exact) mass is 280 g/mol. The standard InChI is InChI=1S/C19H20O2/c1-21-19-9-5-4-8-17(19)13-18(20)16-11-10-14-6-2-3-7-15(14)12-16/h2-9,16H,10-13H2,1H3. The van der Waals surface area contributed by atoms with E-state index in [2.05, 4.69) is 24.3 Å². The van der Waals surface area contributed by atoms with Gasteiger partial charge in [-0.3, -0.25) is 4.79 Å². The third-order valence-corrected chi connectivity index (χ3v) is 4.36. The van der Waals surface area contributed by atoms with Crippen molar-refractivity contribution >= 4 is 5.78 Å². The fourth-order valence-electron chi connectivity index (χ4n) is 3.15. The Morgan fingerprint density at radius 3 is 2.62 bits per heavy atom. The maximum absolute atomic E-state index is 12.6. The van der Waals surface area contributed by atoms with Crippen molar-refractivity contribution in [1.82, 2.24) is 0 Å². The van der Waals surface area contributed by atoms with Crippen LogP contribution in [0.2, 0.25) is 0 Å². The molecule has 1 unspecified atom stereocenters. The van der Waals surface area contributed by atoms with Gasteiger partial charge >= 0.3 is 0 Å². The molecule has 2 heteroatoms. The van der Waals surface area contributed by atoms with E-state index in [4.69, 9.17) is 4.74 Å². The summed E-state index contributed by atoms with van der Waals surface area (Å²) < 4.78 is 5.34. The lowest BCUT2D eigenvalue weighted by atomic mass is 9.80. The summed E-state index contributed by atoms with van der Waals surface area (Å²) in [4.78, 5) is 12.6. The molecule has 0 N–H and O–H groups in total. The number of fused-ring (bicyclic) bond motifs is 1. The van der Waals surface area contributed by atoms with Gasteiger partial charge in [-0.15, -0.1) is 0 Å². The molecule has 0 saturated carbocycles. The number of carbonyl (C=O) groups is 1. The van der Waals surface area contributed by atoms with E-state index in [1.807, 2.05) is 24.3 Å². The van der Waals surface area contributed by atoms with Crippen LogP contribution in [0, 0.1) is 5.92 Å². The predicted molar refractivity (Wildman–Crippen MR) is 83.7 cm³/mol. The van der Waals surface area contributed by atoms with E-state index in [0.717, 1.165) is 30.6 Å². The minimum absolute atomic E-state index is 0.143. The van der Waals surface area contributed by atoms with Crippen LogP contribution in [0.25, 0.3) is 0 Å². The van der Waals surface area contributed by atoms with E-state index in [0.29, 0.717) is 12.2 Å². The SMILES string of the molecule is COc1ccccc1CC(=O)C1CCc2ccccc2C1. The fraction of sp³-hybridized carbons (Fsp3) is 0.316. The van der Waals surface area contributed by atoms with Crippen molar-refractivity contribution in [2.75, 3.05) is 7.11 Å². The van der Waals surface area contributed by atoms with Crippen LogP contribution in [-0.4, -0.2) is 12.9 Å². The number of rotatable bonds is 4. The van der Waals surface area contributed by atoms with Crippen LogP contribution in [0.4, 0.5) is 0 Å². The first-order valence-corrected chi connectivity index (χ1v) is 7.49. The molecule has 0 saturated heterocycles. The van der Waals surface area contributed by atoms with Crippen LogP contribution in [0.3, 0.4) is 0 Å². The van der Waals surface area contributed by atoms with E-state index in [1.165, 1.54) is 11.1 Å². The molecule has 0 aliphatic heterocycles. The Bertz CT molecular complexity index is 646. The average Bonchev–Trinajstić information content (AvgIpc) is 2.55. The Kier molecular flexibility index (Phi) is 4.05. The first-order valence-electron chi connectivity index (χ1n) is 7.49. The summed E-state index contributed by atoms with van der Waals surface area (Å²) >= 11 is 0. The third kappa shape index (κ3) is 2.99. The largest absolute Gasteiger partial charge is 0.496 e. The summed E-state index contributed by atoms with van der Waals surface area (Å²) in [5, 5.41) is 0. The third-order valence-electron chi connectivity index (χ3n) is 4.36. The van der Waals surface area contributed by atoms with Gasteiger partial charge in [0.25, 0.3) is 0 Å². The van der Waals surface area contributed by atoms with Crippen LogP contribution in [0.15, 0.2) is 48.5 Å². The van der Waals surface area contributed by atoms with Crippen LogP contribution in [0.5, 0.6) is 5.75 Å². The number of hydrogen-bond donors (Lipinski definition) is 0. The number of Topliss-reactive ketones (excluding diaryl/α,β-unsaturated/α-hetero) is 1. The molecule has 2 nitrogen and oxygen atoms in total. The molecule has 1 aliphatic rings. The second-order valence-electron chi connectivity index (χ2n) is 5.66. The molecule has 0 radical (unpaired) electrons. The number of aryl methyl sites for hydroxylation is 1. The Balaban J connectivity index is 1.72. The van der Waals surface area contributed by atoms with Gasteiger partial charge in [0.15, 0.2) is 0 Å². The fourth-order valence-corrected chi connectivity index (χ4v) is 3.15. The summed E-state index contributed by atoms with van der Waals surface area (Å²) in [5.74, 6) is 1.28.